The molecular weight excluding hydrogens is 352 g/mol. The van der Waals surface area contributed by atoms with Crippen molar-refractivity contribution in [3.63, 3.8) is 0 Å². The number of carbonyl (C=O) groups excluding carboxylic acids is 2. The zero-order valence-corrected chi connectivity index (χ0v) is 16.5. The van der Waals surface area contributed by atoms with E-state index in [4.69, 9.17) is 0 Å². The van der Waals surface area contributed by atoms with Crippen molar-refractivity contribution in [2.75, 3.05) is 16.3 Å². The predicted octanol–water partition coefficient (Wildman–Crippen LogP) is 3.22. The van der Waals surface area contributed by atoms with Crippen molar-refractivity contribution < 1.29 is 9.59 Å². The number of carbonyl (C=O) groups is 2. The minimum Gasteiger partial charge on any atom is -0.340 e. The first-order chi connectivity index (χ1) is 13.4. The third-order valence-electron chi connectivity index (χ3n) is 5.41. The maximum atomic E-state index is 12.6. The Labute approximate surface area is 165 Å². The summed E-state index contributed by atoms with van der Waals surface area (Å²) in [7, 11) is 1.84. The number of aromatic nitrogens is 1. The van der Waals surface area contributed by atoms with Crippen LogP contribution in [0.1, 0.15) is 35.9 Å². The number of hydrogen-bond donors (Lipinski definition) is 0. The second kappa shape index (κ2) is 7.73. The van der Waals surface area contributed by atoms with Crippen LogP contribution in [0, 0.1) is 18.3 Å². The summed E-state index contributed by atoms with van der Waals surface area (Å²) < 4.78 is 1.82. The Kier molecular flexibility index (Phi) is 5.36. The van der Waals surface area contributed by atoms with E-state index in [0.717, 1.165) is 28.2 Å². The summed E-state index contributed by atoms with van der Waals surface area (Å²) in [5.41, 5.74) is 5.15. The van der Waals surface area contributed by atoms with E-state index in [9.17, 15) is 14.9 Å². The van der Waals surface area contributed by atoms with E-state index in [1.165, 1.54) is 6.08 Å². The lowest BCUT2D eigenvalue weighted by molar-refractivity contribution is -0.119. The molecule has 0 radical (unpaired) electrons. The minimum absolute atomic E-state index is 0.130. The second-order valence-electron chi connectivity index (χ2n) is 6.89. The Morgan fingerprint density at radius 2 is 2.11 bits per heavy atom. The van der Waals surface area contributed by atoms with E-state index in [1.54, 1.807) is 9.80 Å². The van der Waals surface area contributed by atoms with Crippen LogP contribution < -0.4 is 9.80 Å². The maximum absolute atomic E-state index is 12.6. The smallest absolute Gasteiger partial charge is 0.250 e. The molecule has 1 aliphatic rings. The molecule has 3 rings (SSSR count). The highest BCUT2D eigenvalue weighted by atomic mass is 16.2. The van der Waals surface area contributed by atoms with E-state index in [2.05, 4.69) is 12.6 Å². The number of benzene rings is 1. The lowest BCUT2D eigenvalue weighted by Gasteiger charge is -2.30. The van der Waals surface area contributed by atoms with Crippen LogP contribution in [0.4, 0.5) is 11.4 Å². The normalized spacial score (nSPS) is 13.1. The van der Waals surface area contributed by atoms with Gasteiger partial charge in [-0.05, 0) is 61.7 Å². The average Bonchev–Trinajstić information content (AvgIpc) is 2.98. The highest BCUT2D eigenvalue weighted by molar-refractivity contribution is 6.02. The van der Waals surface area contributed by atoms with Crippen LogP contribution in [-0.4, -0.2) is 22.9 Å². The first kappa shape index (κ1) is 19.4. The molecule has 0 bridgehead atoms. The van der Waals surface area contributed by atoms with E-state index < -0.39 is 0 Å². The molecule has 144 valence electrons. The van der Waals surface area contributed by atoms with Gasteiger partial charge in [-0.1, -0.05) is 6.58 Å². The molecule has 6 heteroatoms. The molecule has 0 unspecified atom stereocenters. The van der Waals surface area contributed by atoms with Gasteiger partial charge >= 0.3 is 0 Å². The number of amides is 2. The number of nitriles is 1. The molecule has 0 N–H and O–H groups in total. The highest BCUT2D eigenvalue weighted by Crippen LogP contribution is 2.32. The molecule has 28 heavy (non-hydrogen) atoms. The number of anilines is 2. The standard InChI is InChI=1S/C22H24N4O2/c1-5-21(27)26(14-17-12-19(13-23)24(4)15(17)3)18-8-9-20-16(11-18)7-10-22(28)25(20)6-2/h5,8-9,11-12H,1,6-7,10,14H2,2-4H3. The summed E-state index contributed by atoms with van der Waals surface area (Å²) in [5, 5.41) is 9.27. The van der Waals surface area contributed by atoms with Crippen LogP contribution >= 0.6 is 0 Å². The minimum atomic E-state index is -0.207. The number of nitrogens with zero attached hydrogens (tertiary/aromatic N) is 4. The van der Waals surface area contributed by atoms with Crippen molar-refractivity contribution >= 4 is 23.2 Å². The molecule has 2 heterocycles. The lowest BCUT2D eigenvalue weighted by atomic mass is 10.00. The topological polar surface area (TPSA) is 69.3 Å². The van der Waals surface area contributed by atoms with Gasteiger partial charge < -0.3 is 14.4 Å². The van der Waals surface area contributed by atoms with E-state index in [1.807, 2.05) is 49.7 Å². The van der Waals surface area contributed by atoms with Crippen LogP contribution in [0.15, 0.2) is 36.9 Å². The fraction of sp³-hybridized carbons (Fsp3) is 0.318. The summed E-state index contributed by atoms with van der Waals surface area (Å²) in [6, 6.07) is 9.74. The Balaban J connectivity index is 2.00. The third-order valence-corrected chi connectivity index (χ3v) is 5.41. The molecule has 6 nitrogen and oxygen atoms in total. The Bertz CT molecular complexity index is 997. The summed E-state index contributed by atoms with van der Waals surface area (Å²) in [6.07, 6.45) is 2.44. The zero-order valence-electron chi connectivity index (χ0n) is 16.5. The number of aryl methyl sites for hydroxylation is 1. The van der Waals surface area contributed by atoms with Gasteiger partial charge in [0.05, 0.1) is 6.54 Å². The monoisotopic (exact) mass is 376 g/mol. The molecule has 0 saturated carbocycles. The molecular formula is C22H24N4O2. The molecule has 0 saturated heterocycles. The number of hydrogen-bond acceptors (Lipinski definition) is 3. The van der Waals surface area contributed by atoms with Crippen LogP contribution in [0.2, 0.25) is 0 Å². The Morgan fingerprint density at radius 1 is 1.36 bits per heavy atom. The summed E-state index contributed by atoms with van der Waals surface area (Å²) in [6.45, 7) is 8.50. The largest absolute Gasteiger partial charge is 0.340 e. The van der Waals surface area contributed by atoms with Gasteiger partial charge in [0, 0.05) is 37.1 Å². The summed E-state index contributed by atoms with van der Waals surface area (Å²) in [5.74, 6) is -0.0772. The van der Waals surface area contributed by atoms with Gasteiger partial charge in [0.25, 0.3) is 5.91 Å². The molecule has 0 atom stereocenters. The quantitative estimate of drug-likeness (QED) is 0.753. The molecule has 1 aliphatic heterocycles. The van der Waals surface area contributed by atoms with Crippen molar-refractivity contribution in [1.82, 2.24) is 4.57 Å². The van der Waals surface area contributed by atoms with Crippen LogP contribution in [0.3, 0.4) is 0 Å². The molecule has 0 aliphatic carbocycles. The molecule has 1 aromatic carbocycles. The Morgan fingerprint density at radius 3 is 2.71 bits per heavy atom. The van der Waals surface area contributed by atoms with Crippen LogP contribution in [0.25, 0.3) is 0 Å². The van der Waals surface area contributed by atoms with Crippen molar-refractivity contribution in [2.24, 2.45) is 7.05 Å². The fourth-order valence-electron chi connectivity index (χ4n) is 3.67. The van der Waals surface area contributed by atoms with Crippen molar-refractivity contribution in [2.45, 2.75) is 33.2 Å². The SMILES string of the molecule is C=CC(=O)N(Cc1cc(C#N)n(C)c1C)c1ccc2c(c1)CCC(=O)N2CC. The Hall–Kier alpha value is -3.33. The van der Waals surface area contributed by atoms with Gasteiger partial charge in [0.1, 0.15) is 11.8 Å². The zero-order chi connectivity index (χ0) is 20.4. The first-order valence-electron chi connectivity index (χ1n) is 9.33. The van der Waals surface area contributed by atoms with Gasteiger partial charge in [-0.25, -0.2) is 0 Å². The number of rotatable bonds is 5. The summed E-state index contributed by atoms with van der Waals surface area (Å²) >= 11 is 0. The van der Waals surface area contributed by atoms with E-state index in [-0.39, 0.29) is 11.8 Å². The fourth-order valence-corrected chi connectivity index (χ4v) is 3.67. The van der Waals surface area contributed by atoms with Gasteiger partial charge in [0.15, 0.2) is 0 Å². The van der Waals surface area contributed by atoms with Gasteiger partial charge in [-0.3, -0.25) is 9.59 Å². The molecule has 2 aromatic rings. The van der Waals surface area contributed by atoms with E-state index in [0.29, 0.717) is 31.6 Å². The second-order valence-corrected chi connectivity index (χ2v) is 6.89. The molecule has 0 spiro atoms. The van der Waals surface area contributed by atoms with Gasteiger partial charge in [0.2, 0.25) is 5.91 Å². The lowest BCUT2D eigenvalue weighted by Crippen LogP contribution is -2.35. The van der Waals surface area contributed by atoms with Crippen LogP contribution in [-0.2, 0) is 29.6 Å². The average molecular weight is 376 g/mol. The molecule has 1 aromatic heterocycles. The van der Waals surface area contributed by atoms with Crippen molar-refractivity contribution in [1.29, 1.82) is 5.26 Å². The summed E-state index contributed by atoms with van der Waals surface area (Å²) in [4.78, 5) is 28.2. The van der Waals surface area contributed by atoms with Crippen molar-refractivity contribution in [3.05, 3.63) is 59.4 Å². The number of fused-ring (bicyclic) bond motifs is 1. The van der Waals surface area contributed by atoms with Gasteiger partial charge in [-0.15, -0.1) is 0 Å². The van der Waals surface area contributed by atoms with Crippen LogP contribution in [0.5, 0.6) is 0 Å². The molecule has 2 amide bonds. The maximum Gasteiger partial charge on any atom is 0.250 e. The third kappa shape index (κ3) is 3.31. The highest BCUT2D eigenvalue weighted by Gasteiger charge is 2.25. The van der Waals surface area contributed by atoms with E-state index >= 15 is 0 Å². The first-order valence-corrected chi connectivity index (χ1v) is 9.33. The predicted molar refractivity (Wildman–Crippen MR) is 109 cm³/mol. The van der Waals surface area contributed by atoms with Crippen molar-refractivity contribution in [3.8, 4) is 6.07 Å². The van der Waals surface area contributed by atoms with Gasteiger partial charge in [-0.2, -0.15) is 5.26 Å². The molecule has 0 fully saturated rings.